The second kappa shape index (κ2) is 6.36. The van der Waals surface area contributed by atoms with Crippen LogP contribution < -0.4 is 5.73 Å². The molecule has 4 nitrogen and oxygen atoms in total. The topological polar surface area (TPSA) is 64.9 Å². The summed E-state index contributed by atoms with van der Waals surface area (Å²) in [6.45, 7) is 0. The highest BCUT2D eigenvalue weighted by atomic mass is 32.2. The fourth-order valence-electron chi connectivity index (χ4n) is 1.40. The molecule has 0 fully saturated rings. The van der Waals surface area contributed by atoms with E-state index >= 15 is 0 Å². The molecule has 0 spiro atoms. The van der Waals surface area contributed by atoms with Crippen molar-refractivity contribution < 1.29 is 8.91 Å². The Morgan fingerprint density at radius 3 is 3.11 bits per heavy atom. The summed E-state index contributed by atoms with van der Waals surface area (Å²) in [4.78, 5) is 4.96. The number of thioether (sulfide) groups is 1. The summed E-state index contributed by atoms with van der Waals surface area (Å²) in [5, 5.41) is 3.81. The van der Waals surface area contributed by atoms with Gasteiger partial charge in [-0.05, 0) is 18.2 Å². The molecular weight excluding hydrogens is 265 g/mol. The summed E-state index contributed by atoms with van der Waals surface area (Å²) in [6, 6.07) is 5.89. The molecule has 2 N–H and O–H groups in total. The summed E-state index contributed by atoms with van der Waals surface area (Å²) < 4.78 is 18.0. The summed E-state index contributed by atoms with van der Waals surface area (Å²) in [6.07, 6.45) is 5.51. The van der Waals surface area contributed by atoms with Gasteiger partial charge in [0.2, 0.25) is 5.89 Å². The number of benzene rings is 1. The van der Waals surface area contributed by atoms with Gasteiger partial charge in [-0.1, -0.05) is 11.2 Å². The van der Waals surface area contributed by atoms with Gasteiger partial charge in [-0.3, -0.25) is 0 Å². The fourth-order valence-corrected chi connectivity index (χ4v) is 2.18. The SMILES string of the molecule is C#CCC(N)c1nc(CSc2cccc(F)c2)no1. The third-order valence-electron chi connectivity index (χ3n) is 2.30. The molecule has 1 heterocycles. The van der Waals surface area contributed by atoms with Crippen molar-refractivity contribution in [3.8, 4) is 12.3 Å². The van der Waals surface area contributed by atoms with Gasteiger partial charge in [-0.2, -0.15) is 4.98 Å². The molecule has 0 amide bonds. The van der Waals surface area contributed by atoms with Crippen molar-refractivity contribution in [3.63, 3.8) is 0 Å². The van der Waals surface area contributed by atoms with Gasteiger partial charge in [0.25, 0.3) is 0 Å². The van der Waals surface area contributed by atoms with Crippen LogP contribution in [-0.2, 0) is 5.75 Å². The number of nitrogens with two attached hydrogens (primary N) is 1. The van der Waals surface area contributed by atoms with Crippen LogP contribution in [0.1, 0.15) is 24.2 Å². The quantitative estimate of drug-likeness (QED) is 0.672. The Morgan fingerprint density at radius 2 is 2.37 bits per heavy atom. The van der Waals surface area contributed by atoms with E-state index in [0.29, 0.717) is 23.9 Å². The highest BCUT2D eigenvalue weighted by Gasteiger charge is 2.13. The summed E-state index contributed by atoms with van der Waals surface area (Å²) in [5.41, 5.74) is 5.75. The molecule has 0 bridgehead atoms. The highest BCUT2D eigenvalue weighted by molar-refractivity contribution is 7.98. The highest BCUT2D eigenvalue weighted by Crippen LogP contribution is 2.22. The predicted octanol–water partition coefficient (Wildman–Crippen LogP) is 2.52. The van der Waals surface area contributed by atoms with E-state index in [2.05, 4.69) is 16.1 Å². The third kappa shape index (κ3) is 3.81. The van der Waals surface area contributed by atoms with Crippen molar-refractivity contribution in [2.24, 2.45) is 5.73 Å². The van der Waals surface area contributed by atoms with Gasteiger partial charge in [0, 0.05) is 11.3 Å². The van der Waals surface area contributed by atoms with Crippen LogP contribution in [0, 0.1) is 18.2 Å². The zero-order chi connectivity index (χ0) is 13.7. The largest absolute Gasteiger partial charge is 0.338 e. The Kier molecular flexibility index (Phi) is 4.55. The van der Waals surface area contributed by atoms with E-state index in [9.17, 15) is 4.39 Å². The summed E-state index contributed by atoms with van der Waals surface area (Å²) in [5.74, 6) is 3.49. The molecule has 19 heavy (non-hydrogen) atoms. The van der Waals surface area contributed by atoms with E-state index in [4.69, 9.17) is 16.7 Å². The van der Waals surface area contributed by atoms with Gasteiger partial charge < -0.3 is 10.3 Å². The molecule has 1 atom stereocenters. The monoisotopic (exact) mass is 277 g/mol. The van der Waals surface area contributed by atoms with Crippen LogP contribution in [0.4, 0.5) is 4.39 Å². The van der Waals surface area contributed by atoms with Crippen LogP contribution in [0.5, 0.6) is 0 Å². The van der Waals surface area contributed by atoms with Crippen molar-refractivity contribution >= 4 is 11.8 Å². The van der Waals surface area contributed by atoms with Crippen LogP contribution in [0.25, 0.3) is 0 Å². The molecule has 0 saturated heterocycles. The molecule has 1 aromatic carbocycles. The zero-order valence-electron chi connectivity index (χ0n) is 10.0. The summed E-state index contributed by atoms with van der Waals surface area (Å²) in [7, 11) is 0. The van der Waals surface area contributed by atoms with Gasteiger partial charge in [0.15, 0.2) is 5.82 Å². The maximum Gasteiger partial charge on any atom is 0.244 e. The number of terminal acetylenes is 1. The number of nitrogens with zero attached hydrogens (tertiary/aromatic N) is 2. The van der Waals surface area contributed by atoms with E-state index in [-0.39, 0.29) is 5.82 Å². The van der Waals surface area contributed by atoms with E-state index in [1.807, 2.05) is 6.07 Å². The van der Waals surface area contributed by atoms with Crippen LogP contribution in [0.15, 0.2) is 33.7 Å². The van der Waals surface area contributed by atoms with Crippen LogP contribution in [0.3, 0.4) is 0 Å². The minimum atomic E-state index is -0.439. The minimum Gasteiger partial charge on any atom is -0.338 e. The third-order valence-corrected chi connectivity index (χ3v) is 3.29. The Labute approximate surface area is 114 Å². The van der Waals surface area contributed by atoms with Crippen molar-refractivity contribution in [1.82, 2.24) is 10.1 Å². The maximum atomic E-state index is 13.0. The van der Waals surface area contributed by atoms with Crippen molar-refractivity contribution in [2.75, 3.05) is 0 Å². The molecule has 0 aliphatic heterocycles. The fraction of sp³-hybridized carbons (Fsp3) is 0.231. The van der Waals surface area contributed by atoms with E-state index in [1.165, 1.54) is 23.9 Å². The van der Waals surface area contributed by atoms with E-state index in [1.54, 1.807) is 6.07 Å². The Bertz CT molecular complexity index is 594. The number of hydrogen-bond donors (Lipinski definition) is 1. The predicted molar refractivity (Wildman–Crippen MR) is 70.6 cm³/mol. The molecule has 98 valence electrons. The minimum absolute atomic E-state index is 0.269. The molecule has 1 aromatic heterocycles. The number of rotatable bonds is 5. The lowest BCUT2D eigenvalue weighted by atomic mass is 10.2. The van der Waals surface area contributed by atoms with Crippen LogP contribution in [-0.4, -0.2) is 10.1 Å². The lowest BCUT2D eigenvalue weighted by molar-refractivity contribution is 0.353. The summed E-state index contributed by atoms with van der Waals surface area (Å²) >= 11 is 1.42. The molecule has 2 aromatic rings. The van der Waals surface area contributed by atoms with Crippen molar-refractivity contribution in [2.45, 2.75) is 23.1 Å². The lowest BCUT2D eigenvalue weighted by Crippen LogP contribution is -2.09. The van der Waals surface area contributed by atoms with Crippen LogP contribution >= 0.6 is 11.8 Å². The van der Waals surface area contributed by atoms with Gasteiger partial charge in [0.05, 0.1) is 11.8 Å². The lowest BCUT2D eigenvalue weighted by Gasteiger charge is -1.99. The van der Waals surface area contributed by atoms with E-state index < -0.39 is 6.04 Å². The van der Waals surface area contributed by atoms with Crippen molar-refractivity contribution in [1.29, 1.82) is 0 Å². The second-order valence-corrected chi connectivity index (χ2v) is 4.86. The normalized spacial score (nSPS) is 12.1. The van der Waals surface area contributed by atoms with E-state index in [0.717, 1.165) is 4.90 Å². The smallest absolute Gasteiger partial charge is 0.244 e. The molecule has 2 rings (SSSR count). The molecule has 0 radical (unpaired) electrons. The Morgan fingerprint density at radius 1 is 1.53 bits per heavy atom. The van der Waals surface area contributed by atoms with Gasteiger partial charge in [-0.25, -0.2) is 4.39 Å². The molecule has 0 saturated carbocycles. The first kappa shape index (κ1) is 13.6. The van der Waals surface area contributed by atoms with Crippen molar-refractivity contribution in [3.05, 3.63) is 41.8 Å². The number of halogens is 1. The Hall–Kier alpha value is -1.84. The zero-order valence-corrected chi connectivity index (χ0v) is 10.9. The first-order valence-corrected chi connectivity index (χ1v) is 6.57. The standard InChI is InChI=1S/C13H12FN3OS/c1-2-4-11(15)13-16-12(17-18-13)8-19-10-6-3-5-9(14)7-10/h1,3,5-7,11H,4,8,15H2. The van der Waals surface area contributed by atoms with Gasteiger partial charge in [-0.15, -0.1) is 24.1 Å². The molecule has 1 unspecified atom stereocenters. The molecule has 6 heteroatoms. The number of aromatic nitrogens is 2. The molecular formula is C13H12FN3OS. The average molecular weight is 277 g/mol. The van der Waals surface area contributed by atoms with Crippen LogP contribution in [0.2, 0.25) is 0 Å². The molecule has 0 aliphatic rings. The first-order chi connectivity index (χ1) is 9.19. The average Bonchev–Trinajstić information content (AvgIpc) is 2.86. The van der Waals surface area contributed by atoms with Gasteiger partial charge in [0.1, 0.15) is 5.82 Å². The molecule has 0 aliphatic carbocycles. The Balaban J connectivity index is 1.95. The number of hydrogen-bond acceptors (Lipinski definition) is 5. The van der Waals surface area contributed by atoms with Gasteiger partial charge >= 0.3 is 0 Å². The first-order valence-electron chi connectivity index (χ1n) is 5.59. The maximum absolute atomic E-state index is 13.0. The second-order valence-electron chi connectivity index (χ2n) is 3.81.